The summed E-state index contributed by atoms with van der Waals surface area (Å²) < 4.78 is 10.1. The fourth-order valence-corrected chi connectivity index (χ4v) is 3.42. The van der Waals surface area contributed by atoms with Crippen molar-refractivity contribution in [2.45, 2.75) is 13.8 Å². The third-order valence-electron chi connectivity index (χ3n) is 3.48. The summed E-state index contributed by atoms with van der Waals surface area (Å²) in [5.41, 5.74) is 7.70. The standard InChI is InChI=1S/C18H16ClN3O2S/c1-11-17(19)18(25-21-11)22(12(2)23)14-4-3-5-16(10-14)24-15-8-6-13(20)7-9-15/h3-10H,20H2,1-2H3. The molecule has 25 heavy (non-hydrogen) atoms. The summed E-state index contributed by atoms with van der Waals surface area (Å²) in [6.07, 6.45) is 0. The molecule has 0 aliphatic rings. The van der Waals surface area contributed by atoms with Crippen molar-refractivity contribution >= 4 is 45.4 Å². The molecule has 0 aliphatic carbocycles. The van der Waals surface area contributed by atoms with E-state index >= 15 is 0 Å². The number of benzene rings is 2. The second-order valence-electron chi connectivity index (χ2n) is 5.41. The number of amides is 1. The Bertz CT molecular complexity index is 909. The highest BCUT2D eigenvalue weighted by Gasteiger charge is 2.21. The quantitative estimate of drug-likeness (QED) is 0.641. The summed E-state index contributed by atoms with van der Waals surface area (Å²) in [4.78, 5) is 13.7. The molecule has 1 amide bonds. The number of aromatic nitrogens is 1. The number of nitrogens with zero attached hydrogens (tertiary/aromatic N) is 2. The third-order valence-corrected chi connectivity index (χ3v) is 4.97. The van der Waals surface area contributed by atoms with E-state index in [4.69, 9.17) is 22.1 Å². The van der Waals surface area contributed by atoms with Gasteiger partial charge in [0.1, 0.15) is 16.5 Å². The lowest BCUT2D eigenvalue weighted by Gasteiger charge is -2.20. The van der Waals surface area contributed by atoms with Crippen LogP contribution in [0.2, 0.25) is 5.02 Å². The van der Waals surface area contributed by atoms with Crippen LogP contribution in [0.3, 0.4) is 0 Å². The van der Waals surface area contributed by atoms with Gasteiger partial charge in [0.15, 0.2) is 0 Å². The van der Waals surface area contributed by atoms with Gasteiger partial charge in [-0.25, -0.2) is 0 Å². The van der Waals surface area contributed by atoms with Gasteiger partial charge in [-0.1, -0.05) is 17.7 Å². The van der Waals surface area contributed by atoms with E-state index in [1.54, 1.807) is 37.3 Å². The Morgan fingerprint density at radius 2 is 1.92 bits per heavy atom. The van der Waals surface area contributed by atoms with E-state index in [0.717, 1.165) is 0 Å². The maximum atomic E-state index is 12.2. The van der Waals surface area contributed by atoms with Crippen LogP contribution in [0.5, 0.6) is 11.5 Å². The van der Waals surface area contributed by atoms with E-state index in [2.05, 4.69) is 4.37 Å². The second-order valence-corrected chi connectivity index (χ2v) is 6.54. The Morgan fingerprint density at radius 1 is 1.20 bits per heavy atom. The van der Waals surface area contributed by atoms with Crippen LogP contribution in [0.25, 0.3) is 0 Å². The van der Waals surface area contributed by atoms with Gasteiger partial charge in [-0.2, -0.15) is 4.37 Å². The molecule has 0 fully saturated rings. The zero-order chi connectivity index (χ0) is 18.0. The predicted octanol–water partition coefficient (Wildman–Crippen LogP) is 5.16. The van der Waals surface area contributed by atoms with Gasteiger partial charge in [0, 0.05) is 18.7 Å². The molecule has 0 saturated carbocycles. The van der Waals surface area contributed by atoms with Crippen molar-refractivity contribution < 1.29 is 9.53 Å². The number of carbonyl (C=O) groups is 1. The molecule has 0 aliphatic heterocycles. The van der Waals surface area contributed by atoms with Crippen molar-refractivity contribution in [3.8, 4) is 11.5 Å². The monoisotopic (exact) mass is 373 g/mol. The first kappa shape index (κ1) is 17.3. The van der Waals surface area contributed by atoms with Crippen molar-refractivity contribution in [3.63, 3.8) is 0 Å². The Kier molecular flexibility index (Phi) is 4.92. The summed E-state index contributed by atoms with van der Waals surface area (Å²) in [7, 11) is 0. The van der Waals surface area contributed by atoms with Crippen molar-refractivity contribution in [1.29, 1.82) is 0 Å². The number of ether oxygens (including phenoxy) is 1. The van der Waals surface area contributed by atoms with E-state index in [9.17, 15) is 4.79 Å². The van der Waals surface area contributed by atoms with E-state index in [-0.39, 0.29) is 5.91 Å². The van der Waals surface area contributed by atoms with Crippen LogP contribution in [0.1, 0.15) is 12.6 Å². The summed E-state index contributed by atoms with van der Waals surface area (Å²) in [5.74, 6) is 1.11. The van der Waals surface area contributed by atoms with Crippen LogP contribution in [0, 0.1) is 6.92 Å². The van der Waals surface area contributed by atoms with Gasteiger partial charge in [0.05, 0.1) is 16.4 Å². The Balaban J connectivity index is 1.94. The zero-order valence-corrected chi connectivity index (χ0v) is 15.3. The number of halogens is 1. The molecular weight excluding hydrogens is 358 g/mol. The molecule has 0 atom stereocenters. The van der Waals surface area contributed by atoms with Gasteiger partial charge in [0.2, 0.25) is 5.91 Å². The third kappa shape index (κ3) is 3.75. The van der Waals surface area contributed by atoms with Gasteiger partial charge in [-0.3, -0.25) is 9.69 Å². The lowest BCUT2D eigenvalue weighted by molar-refractivity contribution is -0.115. The van der Waals surface area contributed by atoms with Crippen LogP contribution in [-0.4, -0.2) is 10.3 Å². The number of nitrogen functional groups attached to an aromatic ring is 1. The first-order valence-electron chi connectivity index (χ1n) is 7.51. The molecule has 7 heteroatoms. The van der Waals surface area contributed by atoms with Crippen LogP contribution in [0.15, 0.2) is 48.5 Å². The van der Waals surface area contributed by atoms with Crippen molar-refractivity contribution in [2.24, 2.45) is 0 Å². The van der Waals surface area contributed by atoms with Crippen molar-refractivity contribution in [2.75, 3.05) is 10.6 Å². The smallest absolute Gasteiger partial charge is 0.229 e. The maximum Gasteiger partial charge on any atom is 0.229 e. The summed E-state index contributed by atoms with van der Waals surface area (Å²) in [6.45, 7) is 3.29. The number of nitrogens with two attached hydrogens (primary N) is 1. The Labute approximate surface area is 154 Å². The first-order chi connectivity index (χ1) is 12.0. The molecule has 5 nitrogen and oxygen atoms in total. The van der Waals surface area contributed by atoms with Crippen LogP contribution >= 0.6 is 23.1 Å². The summed E-state index contributed by atoms with van der Waals surface area (Å²) in [5, 5.41) is 1.07. The topological polar surface area (TPSA) is 68.5 Å². The number of aryl methyl sites for hydroxylation is 1. The Hall–Kier alpha value is -2.57. The van der Waals surface area contributed by atoms with Crippen molar-refractivity contribution in [1.82, 2.24) is 4.37 Å². The molecule has 2 N–H and O–H groups in total. The number of carbonyl (C=O) groups excluding carboxylic acids is 1. The number of hydrogen-bond acceptors (Lipinski definition) is 5. The highest BCUT2D eigenvalue weighted by Crippen LogP contribution is 2.39. The maximum absolute atomic E-state index is 12.2. The van der Waals surface area contributed by atoms with Gasteiger partial charge in [-0.05, 0) is 54.9 Å². The molecule has 0 unspecified atom stereocenters. The SMILES string of the molecule is CC(=O)N(c1cccc(Oc2ccc(N)cc2)c1)c1snc(C)c1Cl. The fraction of sp³-hybridized carbons (Fsp3) is 0.111. The molecule has 0 saturated heterocycles. The second kappa shape index (κ2) is 7.13. The predicted molar refractivity (Wildman–Crippen MR) is 102 cm³/mol. The molecule has 3 aromatic rings. The fourth-order valence-electron chi connectivity index (χ4n) is 2.29. The van der Waals surface area contributed by atoms with E-state index in [1.807, 2.05) is 18.2 Å². The summed E-state index contributed by atoms with van der Waals surface area (Å²) in [6, 6.07) is 14.3. The van der Waals surface area contributed by atoms with Crippen LogP contribution in [-0.2, 0) is 4.79 Å². The molecule has 3 rings (SSSR count). The average Bonchev–Trinajstić information content (AvgIpc) is 2.90. The number of rotatable bonds is 4. The highest BCUT2D eigenvalue weighted by molar-refractivity contribution is 7.11. The molecule has 128 valence electrons. The molecule has 2 aromatic carbocycles. The van der Waals surface area contributed by atoms with E-state index in [0.29, 0.717) is 38.6 Å². The van der Waals surface area contributed by atoms with E-state index < -0.39 is 0 Å². The Morgan fingerprint density at radius 3 is 2.52 bits per heavy atom. The first-order valence-corrected chi connectivity index (χ1v) is 8.67. The molecule has 0 radical (unpaired) electrons. The number of hydrogen-bond donors (Lipinski definition) is 1. The zero-order valence-electron chi connectivity index (χ0n) is 13.7. The van der Waals surface area contributed by atoms with Gasteiger partial charge in [0.25, 0.3) is 0 Å². The molecular formula is C18H16ClN3O2S. The van der Waals surface area contributed by atoms with Gasteiger partial charge < -0.3 is 10.5 Å². The lowest BCUT2D eigenvalue weighted by atomic mass is 10.2. The summed E-state index contributed by atoms with van der Waals surface area (Å²) >= 11 is 7.48. The molecule has 0 bridgehead atoms. The highest BCUT2D eigenvalue weighted by atomic mass is 35.5. The lowest BCUT2D eigenvalue weighted by Crippen LogP contribution is -2.22. The van der Waals surface area contributed by atoms with Gasteiger partial charge in [-0.15, -0.1) is 0 Å². The number of anilines is 3. The molecule has 0 spiro atoms. The average molecular weight is 374 g/mol. The minimum atomic E-state index is -0.157. The minimum Gasteiger partial charge on any atom is -0.457 e. The minimum absolute atomic E-state index is 0.157. The van der Waals surface area contributed by atoms with Gasteiger partial charge >= 0.3 is 0 Å². The van der Waals surface area contributed by atoms with Crippen LogP contribution < -0.4 is 15.4 Å². The largest absolute Gasteiger partial charge is 0.457 e. The normalized spacial score (nSPS) is 10.5. The van der Waals surface area contributed by atoms with E-state index in [1.165, 1.54) is 23.4 Å². The van der Waals surface area contributed by atoms with Crippen molar-refractivity contribution in [3.05, 3.63) is 59.2 Å². The molecule has 1 heterocycles. The molecule has 1 aromatic heterocycles. The van der Waals surface area contributed by atoms with Crippen LogP contribution in [0.4, 0.5) is 16.4 Å².